The standard InChI is InChI=1S/C11H20N2O2S/c1-3-11(2)9(14)13(10(15)12-11)7-5-4-6-8-16/h16H,3-8H2,1-2H3,(H,12,15). The van der Waals surface area contributed by atoms with E-state index >= 15 is 0 Å². The first-order chi connectivity index (χ1) is 7.55. The lowest BCUT2D eigenvalue weighted by Gasteiger charge is -2.19. The van der Waals surface area contributed by atoms with Crippen LogP contribution in [0.4, 0.5) is 4.79 Å². The Morgan fingerprint density at radius 2 is 2.00 bits per heavy atom. The maximum atomic E-state index is 12.0. The van der Waals surface area contributed by atoms with Crippen LogP contribution in [0.1, 0.15) is 39.5 Å². The lowest BCUT2D eigenvalue weighted by molar-refractivity contribution is -0.130. The lowest BCUT2D eigenvalue weighted by atomic mass is 9.99. The molecule has 5 heteroatoms. The molecule has 1 rings (SSSR count). The molecule has 4 nitrogen and oxygen atoms in total. The first-order valence-corrected chi connectivity index (χ1v) is 6.43. The van der Waals surface area contributed by atoms with Gasteiger partial charge in [-0.15, -0.1) is 0 Å². The summed E-state index contributed by atoms with van der Waals surface area (Å²) >= 11 is 4.12. The molecule has 0 spiro atoms. The SMILES string of the molecule is CCC1(C)NC(=O)N(CCCCCS)C1=O. The molecule has 1 aliphatic heterocycles. The minimum Gasteiger partial charge on any atom is -0.323 e. The molecule has 1 saturated heterocycles. The van der Waals surface area contributed by atoms with E-state index in [1.807, 2.05) is 6.92 Å². The van der Waals surface area contributed by atoms with Crippen molar-refractivity contribution >= 4 is 24.6 Å². The molecule has 1 N–H and O–H groups in total. The number of carbonyl (C=O) groups is 2. The highest BCUT2D eigenvalue weighted by molar-refractivity contribution is 7.80. The van der Waals surface area contributed by atoms with Gasteiger partial charge in [0, 0.05) is 6.54 Å². The first-order valence-electron chi connectivity index (χ1n) is 5.80. The average molecular weight is 244 g/mol. The Morgan fingerprint density at radius 1 is 1.31 bits per heavy atom. The Hall–Kier alpha value is -0.710. The van der Waals surface area contributed by atoms with Crippen LogP contribution in [0.2, 0.25) is 0 Å². The van der Waals surface area contributed by atoms with Gasteiger partial charge >= 0.3 is 6.03 Å². The Kier molecular flexibility index (Phi) is 4.65. The molecule has 0 bridgehead atoms. The summed E-state index contributed by atoms with van der Waals surface area (Å²) in [7, 11) is 0. The van der Waals surface area contributed by atoms with Crippen molar-refractivity contribution in [2.24, 2.45) is 0 Å². The molecular weight excluding hydrogens is 224 g/mol. The van der Waals surface area contributed by atoms with Crippen LogP contribution in [0.25, 0.3) is 0 Å². The number of unbranched alkanes of at least 4 members (excludes halogenated alkanes) is 2. The van der Waals surface area contributed by atoms with E-state index in [0.717, 1.165) is 25.0 Å². The van der Waals surface area contributed by atoms with Crippen LogP contribution in [0.3, 0.4) is 0 Å². The average Bonchev–Trinajstić information content (AvgIpc) is 2.48. The number of urea groups is 1. The third kappa shape index (κ3) is 2.70. The number of nitrogens with one attached hydrogen (secondary N) is 1. The van der Waals surface area contributed by atoms with Crippen molar-refractivity contribution in [1.82, 2.24) is 10.2 Å². The van der Waals surface area contributed by atoms with Crippen LogP contribution in [-0.2, 0) is 4.79 Å². The number of carbonyl (C=O) groups excluding carboxylic acids is 2. The Balaban J connectivity index is 2.48. The molecule has 16 heavy (non-hydrogen) atoms. The van der Waals surface area contributed by atoms with E-state index in [0.29, 0.717) is 13.0 Å². The van der Waals surface area contributed by atoms with Gasteiger partial charge in [-0.2, -0.15) is 12.6 Å². The normalized spacial score (nSPS) is 25.1. The number of imide groups is 1. The van der Waals surface area contributed by atoms with Gasteiger partial charge in [0.1, 0.15) is 5.54 Å². The zero-order valence-electron chi connectivity index (χ0n) is 9.95. The minimum atomic E-state index is -0.694. The molecule has 1 heterocycles. The summed E-state index contributed by atoms with van der Waals surface area (Å²) < 4.78 is 0. The molecular formula is C11H20N2O2S. The highest BCUT2D eigenvalue weighted by atomic mass is 32.1. The smallest absolute Gasteiger partial charge is 0.323 e. The van der Waals surface area contributed by atoms with Crippen LogP contribution in [-0.4, -0.2) is 34.7 Å². The van der Waals surface area contributed by atoms with Crippen molar-refractivity contribution in [3.05, 3.63) is 0 Å². The van der Waals surface area contributed by atoms with Crippen LogP contribution < -0.4 is 5.32 Å². The molecule has 1 unspecified atom stereocenters. The number of nitrogens with zero attached hydrogens (tertiary/aromatic N) is 1. The molecule has 0 saturated carbocycles. The number of rotatable bonds is 6. The maximum Gasteiger partial charge on any atom is 0.325 e. The minimum absolute atomic E-state index is 0.0918. The van der Waals surface area contributed by atoms with E-state index in [1.165, 1.54) is 4.90 Å². The van der Waals surface area contributed by atoms with Gasteiger partial charge in [-0.05, 0) is 31.9 Å². The van der Waals surface area contributed by atoms with Crippen molar-refractivity contribution in [1.29, 1.82) is 0 Å². The van der Waals surface area contributed by atoms with Crippen molar-refractivity contribution in [2.75, 3.05) is 12.3 Å². The molecule has 3 amide bonds. The van der Waals surface area contributed by atoms with E-state index in [4.69, 9.17) is 0 Å². The summed E-state index contributed by atoms with van der Waals surface area (Å²) in [6.45, 7) is 4.21. The molecule has 0 radical (unpaired) electrons. The predicted molar refractivity (Wildman–Crippen MR) is 66.6 cm³/mol. The van der Waals surface area contributed by atoms with E-state index < -0.39 is 5.54 Å². The molecule has 0 aliphatic carbocycles. The second kappa shape index (κ2) is 5.57. The maximum absolute atomic E-state index is 12.0. The van der Waals surface area contributed by atoms with E-state index in [9.17, 15) is 9.59 Å². The fourth-order valence-corrected chi connectivity index (χ4v) is 1.97. The van der Waals surface area contributed by atoms with Crippen LogP contribution in [0.15, 0.2) is 0 Å². The van der Waals surface area contributed by atoms with Crippen LogP contribution >= 0.6 is 12.6 Å². The van der Waals surface area contributed by atoms with Gasteiger partial charge in [-0.25, -0.2) is 4.79 Å². The van der Waals surface area contributed by atoms with E-state index in [-0.39, 0.29) is 11.9 Å². The topological polar surface area (TPSA) is 49.4 Å². The Morgan fingerprint density at radius 3 is 2.50 bits per heavy atom. The Labute approximate surface area is 102 Å². The van der Waals surface area contributed by atoms with Crippen LogP contribution in [0.5, 0.6) is 0 Å². The van der Waals surface area contributed by atoms with E-state index in [2.05, 4.69) is 17.9 Å². The Bertz CT molecular complexity index is 283. The summed E-state index contributed by atoms with van der Waals surface area (Å²) in [4.78, 5) is 24.9. The summed E-state index contributed by atoms with van der Waals surface area (Å²) in [5.74, 6) is 0.762. The number of hydrogen-bond donors (Lipinski definition) is 2. The molecule has 0 aromatic rings. The van der Waals surface area contributed by atoms with E-state index in [1.54, 1.807) is 6.92 Å². The fraction of sp³-hybridized carbons (Fsp3) is 0.818. The van der Waals surface area contributed by atoms with Gasteiger partial charge in [-0.3, -0.25) is 9.69 Å². The van der Waals surface area contributed by atoms with Gasteiger partial charge in [-0.1, -0.05) is 13.3 Å². The second-order valence-corrected chi connectivity index (χ2v) is 4.80. The summed E-state index contributed by atoms with van der Waals surface area (Å²) in [5, 5.41) is 2.74. The molecule has 1 fully saturated rings. The quantitative estimate of drug-likeness (QED) is 0.425. The highest BCUT2D eigenvalue weighted by Crippen LogP contribution is 2.21. The van der Waals surface area contributed by atoms with Gasteiger partial charge in [0.15, 0.2) is 0 Å². The van der Waals surface area contributed by atoms with Gasteiger partial charge in [0.2, 0.25) is 0 Å². The highest BCUT2D eigenvalue weighted by Gasteiger charge is 2.45. The predicted octanol–water partition coefficient (Wildman–Crippen LogP) is 1.81. The zero-order chi connectivity index (χ0) is 12.2. The first kappa shape index (κ1) is 13.4. The second-order valence-electron chi connectivity index (χ2n) is 4.36. The lowest BCUT2D eigenvalue weighted by Crippen LogP contribution is -2.43. The molecule has 1 aliphatic rings. The molecule has 1 atom stereocenters. The third-order valence-corrected chi connectivity index (χ3v) is 3.41. The largest absolute Gasteiger partial charge is 0.325 e. The van der Waals surface area contributed by atoms with Crippen molar-refractivity contribution in [2.45, 2.75) is 45.1 Å². The fourth-order valence-electron chi connectivity index (χ4n) is 1.75. The summed E-state index contributed by atoms with van der Waals surface area (Å²) in [5.41, 5.74) is -0.694. The number of hydrogen-bond acceptors (Lipinski definition) is 3. The van der Waals surface area contributed by atoms with Gasteiger partial charge in [0.25, 0.3) is 5.91 Å². The van der Waals surface area contributed by atoms with Gasteiger partial charge < -0.3 is 5.32 Å². The van der Waals surface area contributed by atoms with Crippen molar-refractivity contribution < 1.29 is 9.59 Å². The molecule has 0 aromatic heterocycles. The number of thiol groups is 1. The van der Waals surface area contributed by atoms with Crippen molar-refractivity contribution in [3.63, 3.8) is 0 Å². The number of amides is 3. The monoisotopic (exact) mass is 244 g/mol. The van der Waals surface area contributed by atoms with Gasteiger partial charge in [0.05, 0.1) is 0 Å². The zero-order valence-corrected chi connectivity index (χ0v) is 10.8. The summed E-state index contributed by atoms with van der Waals surface area (Å²) in [6.07, 6.45) is 3.52. The third-order valence-electron chi connectivity index (χ3n) is 3.09. The van der Waals surface area contributed by atoms with Crippen LogP contribution in [0, 0.1) is 0 Å². The molecule has 92 valence electrons. The van der Waals surface area contributed by atoms with Crippen molar-refractivity contribution in [3.8, 4) is 0 Å². The summed E-state index contributed by atoms with van der Waals surface area (Å²) in [6, 6.07) is -0.250. The molecule has 0 aromatic carbocycles.